The summed E-state index contributed by atoms with van der Waals surface area (Å²) in [5, 5.41) is 3.55. The van der Waals surface area contributed by atoms with Crippen LogP contribution in [0.4, 0.5) is 4.79 Å². The molecule has 2 rings (SSSR count). The minimum absolute atomic E-state index is 0.219. The second-order valence-corrected chi connectivity index (χ2v) is 6.88. The molecule has 0 spiro atoms. The minimum Gasteiger partial charge on any atom is -0.444 e. The molecule has 1 aromatic carbocycles. The summed E-state index contributed by atoms with van der Waals surface area (Å²) >= 11 is 0. The Labute approximate surface area is 127 Å². The van der Waals surface area contributed by atoms with Gasteiger partial charge in [0, 0.05) is 25.2 Å². The molecule has 0 saturated carbocycles. The quantitative estimate of drug-likeness (QED) is 0.929. The molecule has 0 bridgehead atoms. The van der Waals surface area contributed by atoms with E-state index in [2.05, 4.69) is 43.4 Å². The number of aryl methyl sites for hydroxylation is 1. The molecule has 1 atom stereocenters. The van der Waals surface area contributed by atoms with Gasteiger partial charge in [-0.25, -0.2) is 4.79 Å². The molecule has 4 nitrogen and oxygen atoms in total. The predicted octanol–water partition coefficient (Wildman–Crippen LogP) is 3.26. The Morgan fingerprint density at radius 1 is 1.29 bits per heavy atom. The maximum atomic E-state index is 11.9. The van der Waals surface area contributed by atoms with Crippen molar-refractivity contribution >= 4 is 6.09 Å². The molecule has 0 aliphatic carbocycles. The van der Waals surface area contributed by atoms with Gasteiger partial charge in [-0.1, -0.05) is 29.8 Å². The van der Waals surface area contributed by atoms with Crippen molar-refractivity contribution in [1.82, 2.24) is 10.2 Å². The zero-order chi connectivity index (χ0) is 15.6. The average molecular weight is 290 g/mol. The maximum Gasteiger partial charge on any atom is 0.410 e. The van der Waals surface area contributed by atoms with E-state index >= 15 is 0 Å². The predicted molar refractivity (Wildman–Crippen MR) is 84.3 cm³/mol. The Bertz CT molecular complexity index is 485. The van der Waals surface area contributed by atoms with E-state index in [0.717, 1.165) is 0 Å². The Morgan fingerprint density at radius 2 is 1.86 bits per heavy atom. The molecule has 1 saturated heterocycles. The van der Waals surface area contributed by atoms with E-state index in [1.807, 2.05) is 20.8 Å². The van der Waals surface area contributed by atoms with Crippen LogP contribution in [0, 0.1) is 6.92 Å². The van der Waals surface area contributed by atoms with Crippen LogP contribution in [0.3, 0.4) is 0 Å². The van der Waals surface area contributed by atoms with E-state index in [9.17, 15) is 4.79 Å². The van der Waals surface area contributed by atoms with Crippen LogP contribution in [-0.4, -0.2) is 35.7 Å². The fourth-order valence-corrected chi connectivity index (χ4v) is 2.36. The van der Waals surface area contributed by atoms with Crippen LogP contribution in [-0.2, 0) is 4.74 Å². The lowest BCUT2D eigenvalue weighted by Crippen LogP contribution is -2.60. The van der Waals surface area contributed by atoms with Gasteiger partial charge in [-0.15, -0.1) is 0 Å². The van der Waals surface area contributed by atoms with Crippen LogP contribution in [0.1, 0.15) is 44.9 Å². The normalized spacial score (nSPS) is 17.3. The number of rotatable bonds is 3. The van der Waals surface area contributed by atoms with E-state index in [1.165, 1.54) is 11.1 Å². The number of benzene rings is 1. The SMILES string of the molecule is Cc1ccc([C@H](C)NC2CN(C(=O)OC(C)(C)C)C2)cc1. The van der Waals surface area contributed by atoms with Crippen LogP contribution in [0.25, 0.3) is 0 Å². The van der Waals surface area contributed by atoms with Gasteiger partial charge >= 0.3 is 6.09 Å². The Hall–Kier alpha value is -1.55. The number of likely N-dealkylation sites (tertiary alicyclic amines) is 1. The van der Waals surface area contributed by atoms with Crippen molar-refractivity contribution in [2.24, 2.45) is 0 Å². The van der Waals surface area contributed by atoms with Gasteiger partial charge in [0.15, 0.2) is 0 Å². The Kier molecular flexibility index (Phi) is 4.57. The molecule has 0 aromatic heterocycles. The third-order valence-electron chi connectivity index (χ3n) is 3.60. The molecule has 0 unspecified atom stereocenters. The van der Waals surface area contributed by atoms with Crippen molar-refractivity contribution in [3.05, 3.63) is 35.4 Å². The van der Waals surface area contributed by atoms with E-state index in [4.69, 9.17) is 4.74 Å². The topological polar surface area (TPSA) is 41.6 Å². The third kappa shape index (κ3) is 4.46. The summed E-state index contributed by atoms with van der Waals surface area (Å²) in [6.45, 7) is 11.3. The molecule has 21 heavy (non-hydrogen) atoms. The summed E-state index contributed by atoms with van der Waals surface area (Å²) in [6.07, 6.45) is -0.219. The number of hydrogen-bond donors (Lipinski definition) is 1. The van der Waals surface area contributed by atoms with E-state index in [1.54, 1.807) is 4.90 Å². The smallest absolute Gasteiger partial charge is 0.410 e. The Balaban J connectivity index is 1.77. The number of carbonyl (C=O) groups is 1. The molecular weight excluding hydrogens is 264 g/mol. The highest BCUT2D eigenvalue weighted by atomic mass is 16.6. The van der Waals surface area contributed by atoms with Gasteiger partial charge in [-0.2, -0.15) is 0 Å². The van der Waals surface area contributed by atoms with Crippen molar-refractivity contribution in [2.75, 3.05) is 13.1 Å². The van der Waals surface area contributed by atoms with Gasteiger partial charge in [0.25, 0.3) is 0 Å². The van der Waals surface area contributed by atoms with Gasteiger partial charge < -0.3 is 15.0 Å². The van der Waals surface area contributed by atoms with Crippen molar-refractivity contribution in [2.45, 2.75) is 52.3 Å². The van der Waals surface area contributed by atoms with E-state index < -0.39 is 5.60 Å². The Morgan fingerprint density at radius 3 is 2.38 bits per heavy atom. The lowest BCUT2D eigenvalue weighted by Gasteiger charge is -2.41. The summed E-state index contributed by atoms with van der Waals surface area (Å²) in [7, 11) is 0. The number of amides is 1. The lowest BCUT2D eigenvalue weighted by atomic mass is 10.0. The highest BCUT2D eigenvalue weighted by Crippen LogP contribution is 2.19. The molecule has 0 radical (unpaired) electrons. The largest absolute Gasteiger partial charge is 0.444 e. The molecular formula is C17H26N2O2. The van der Waals surface area contributed by atoms with E-state index in [0.29, 0.717) is 19.1 Å². The van der Waals surface area contributed by atoms with Crippen LogP contribution < -0.4 is 5.32 Å². The molecule has 1 fully saturated rings. The molecule has 116 valence electrons. The first-order chi connectivity index (χ1) is 9.74. The monoisotopic (exact) mass is 290 g/mol. The summed E-state index contributed by atoms with van der Waals surface area (Å²) in [6, 6.07) is 9.18. The lowest BCUT2D eigenvalue weighted by molar-refractivity contribution is 0.00434. The van der Waals surface area contributed by atoms with Crippen LogP contribution >= 0.6 is 0 Å². The molecule has 1 aliphatic rings. The molecule has 1 aromatic rings. The summed E-state index contributed by atoms with van der Waals surface area (Å²) in [5.41, 5.74) is 2.12. The number of hydrogen-bond acceptors (Lipinski definition) is 3. The van der Waals surface area contributed by atoms with E-state index in [-0.39, 0.29) is 12.1 Å². The van der Waals surface area contributed by atoms with Crippen molar-refractivity contribution in [3.8, 4) is 0 Å². The van der Waals surface area contributed by atoms with Gasteiger partial charge in [0.2, 0.25) is 0 Å². The summed E-state index contributed by atoms with van der Waals surface area (Å²) < 4.78 is 5.35. The first kappa shape index (κ1) is 15.8. The molecule has 1 N–H and O–H groups in total. The standard InChI is InChI=1S/C17H26N2O2/c1-12-6-8-14(9-7-12)13(2)18-15-10-19(11-15)16(20)21-17(3,4)5/h6-9,13,15,18H,10-11H2,1-5H3/t13-/m0/s1. The molecule has 4 heteroatoms. The highest BCUT2D eigenvalue weighted by molar-refractivity contribution is 5.69. The van der Waals surface area contributed by atoms with Crippen LogP contribution in [0.15, 0.2) is 24.3 Å². The number of nitrogens with zero attached hydrogens (tertiary/aromatic N) is 1. The summed E-state index contributed by atoms with van der Waals surface area (Å²) in [4.78, 5) is 13.6. The second kappa shape index (κ2) is 6.06. The van der Waals surface area contributed by atoms with Crippen molar-refractivity contribution < 1.29 is 9.53 Å². The van der Waals surface area contributed by atoms with Gasteiger partial charge in [0.05, 0.1) is 0 Å². The van der Waals surface area contributed by atoms with Crippen molar-refractivity contribution in [3.63, 3.8) is 0 Å². The van der Waals surface area contributed by atoms with Crippen LogP contribution in [0.5, 0.6) is 0 Å². The zero-order valence-corrected chi connectivity index (χ0v) is 13.6. The first-order valence-corrected chi connectivity index (χ1v) is 7.55. The van der Waals surface area contributed by atoms with Crippen LogP contribution in [0.2, 0.25) is 0 Å². The molecule has 1 aliphatic heterocycles. The average Bonchev–Trinajstić information content (AvgIpc) is 2.31. The molecule has 1 heterocycles. The number of nitrogens with one attached hydrogen (secondary N) is 1. The fraction of sp³-hybridized carbons (Fsp3) is 0.588. The van der Waals surface area contributed by atoms with Gasteiger partial charge in [-0.3, -0.25) is 0 Å². The third-order valence-corrected chi connectivity index (χ3v) is 3.60. The van der Waals surface area contributed by atoms with Crippen molar-refractivity contribution in [1.29, 1.82) is 0 Å². The first-order valence-electron chi connectivity index (χ1n) is 7.55. The number of carbonyl (C=O) groups excluding carboxylic acids is 1. The fourth-order valence-electron chi connectivity index (χ4n) is 2.36. The molecule has 1 amide bonds. The number of ether oxygens (including phenoxy) is 1. The second-order valence-electron chi connectivity index (χ2n) is 6.88. The van der Waals surface area contributed by atoms with Gasteiger partial charge in [-0.05, 0) is 40.2 Å². The maximum absolute atomic E-state index is 11.9. The highest BCUT2D eigenvalue weighted by Gasteiger charge is 2.34. The van der Waals surface area contributed by atoms with Gasteiger partial charge in [0.1, 0.15) is 5.60 Å². The minimum atomic E-state index is -0.426. The zero-order valence-electron chi connectivity index (χ0n) is 13.6. The summed E-state index contributed by atoms with van der Waals surface area (Å²) in [5.74, 6) is 0.